The zero-order valence-corrected chi connectivity index (χ0v) is 7.77. The molecule has 11 heavy (non-hydrogen) atoms. The highest BCUT2D eigenvalue weighted by Gasteiger charge is 1.96. The van der Waals surface area contributed by atoms with Gasteiger partial charge < -0.3 is 4.74 Å². The van der Waals surface area contributed by atoms with Crippen LogP contribution < -0.4 is 0 Å². The Morgan fingerprint density at radius 3 is 2.55 bits per heavy atom. The normalized spacial score (nSPS) is 13.1. The Bertz CT molecular complexity index is 206. The van der Waals surface area contributed by atoms with Crippen molar-refractivity contribution in [3.63, 3.8) is 0 Å². The summed E-state index contributed by atoms with van der Waals surface area (Å²) in [5.74, 6) is 0.761. The summed E-state index contributed by atoms with van der Waals surface area (Å²) < 4.78 is 4.90. The van der Waals surface area contributed by atoms with Crippen molar-refractivity contribution in [2.24, 2.45) is 4.99 Å². The molecule has 0 aromatic rings. The minimum atomic E-state index is 0.404. The van der Waals surface area contributed by atoms with Crippen molar-refractivity contribution in [2.75, 3.05) is 14.2 Å². The maximum Gasteiger partial charge on any atom is 0.130 e. The average molecular weight is 174 g/mol. The van der Waals surface area contributed by atoms with Crippen LogP contribution in [0, 0.1) is 0 Å². The van der Waals surface area contributed by atoms with E-state index in [1.165, 1.54) is 0 Å². The third kappa shape index (κ3) is 3.83. The van der Waals surface area contributed by atoms with E-state index in [4.69, 9.17) is 16.3 Å². The van der Waals surface area contributed by atoms with E-state index in [1.54, 1.807) is 20.2 Å². The average Bonchev–Trinajstić information content (AvgIpc) is 2.02. The molecular weight excluding hydrogens is 162 g/mol. The molecule has 0 saturated heterocycles. The highest BCUT2D eigenvalue weighted by atomic mass is 35.5. The van der Waals surface area contributed by atoms with Crippen molar-refractivity contribution in [2.45, 2.75) is 6.92 Å². The molecule has 0 unspecified atom stereocenters. The molecule has 0 aliphatic carbocycles. The predicted octanol–water partition coefficient (Wildman–Crippen LogP) is 2.36. The Labute approximate surface area is 72.2 Å². The van der Waals surface area contributed by atoms with Crippen LogP contribution >= 0.6 is 11.6 Å². The summed E-state index contributed by atoms with van der Waals surface area (Å²) in [4.78, 5) is 3.76. The van der Waals surface area contributed by atoms with E-state index in [1.807, 2.05) is 6.92 Å². The summed E-state index contributed by atoms with van der Waals surface area (Å²) in [6.45, 7) is 5.52. The van der Waals surface area contributed by atoms with E-state index in [2.05, 4.69) is 11.6 Å². The van der Waals surface area contributed by atoms with E-state index < -0.39 is 0 Å². The van der Waals surface area contributed by atoms with Crippen LogP contribution in [0.4, 0.5) is 0 Å². The summed E-state index contributed by atoms with van der Waals surface area (Å²) in [5, 5.41) is 0.404. The monoisotopic (exact) mass is 173 g/mol. The molecule has 0 fully saturated rings. The van der Waals surface area contributed by atoms with Gasteiger partial charge in [-0.2, -0.15) is 0 Å². The lowest BCUT2D eigenvalue weighted by Gasteiger charge is -1.99. The van der Waals surface area contributed by atoms with Gasteiger partial charge in [0.05, 0.1) is 12.9 Å². The first-order chi connectivity index (χ1) is 5.11. The Morgan fingerprint density at radius 2 is 2.18 bits per heavy atom. The fourth-order valence-corrected chi connectivity index (χ4v) is 0.562. The van der Waals surface area contributed by atoms with Gasteiger partial charge in [0.2, 0.25) is 0 Å². The number of hydrogen-bond donors (Lipinski definition) is 0. The molecule has 0 aromatic heterocycles. The number of hydrogen-bond acceptors (Lipinski definition) is 2. The van der Waals surface area contributed by atoms with Crippen LogP contribution in [0.3, 0.4) is 0 Å². The molecule has 0 amide bonds. The predicted molar refractivity (Wildman–Crippen MR) is 49.1 cm³/mol. The summed E-state index contributed by atoms with van der Waals surface area (Å²) in [6.07, 6.45) is 1.73. The van der Waals surface area contributed by atoms with Crippen molar-refractivity contribution in [1.29, 1.82) is 0 Å². The van der Waals surface area contributed by atoms with Crippen LogP contribution in [0.15, 0.2) is 29.0 Å². The van der Waals surface area contributed by atoms with Gasteiger partial charge in [-0.15, -0.1) is 0 Å². The maximum atomic E-state index is 5.67. The van der Waals surface area contributed by atoms with Crippen LogP contribution in [0.2, 0.25) is 0 Å². The van der Waals surface area contributed by atoms with E-state index in [9.17, 15) is 0 Å². The van der Waals surface area contributed by atoms with E-state index in [0.717, 1.165) is 5.76 Å². The molecule has 0 aliphatic rings. The highest BCUT2D eigenvalue weighted by molar-refractivity contribution is 6.69. The zero-order chi connectivity index (χ0) is 8.85. The molecule has 2 nitrogen and oxygen atoms in total. The molecule has 62 valence electrons. The van der Waals surface area contributed by atoms with E-state index in [-0.39, 0.29) is 0 Å². The van der Waals surface area contributed by atoms with Crippen molar-refractivity contribution in [3.05, 3.63) is 24.0 Å². The lowest BCUT2D eigenvalue weighted by molar-refractivity contribution is 0.293. The molecule has 0 radical (unpaired) electrons. The van der Waals surface area contributed by atoms with Gasteiger partial charge in [-0.3, -0.25) is 4.99 Å². The third-order valence-corrected chi connectivity index (χ3v) is 1.57. The minimum absolute atomic E-state index is 0.404. The van der Waals surface area contributed by atoms with Gasteiger partial charge in [0, 0.05) is 12.6 Å². The Kier molecular flexibility index (Phi) is 4.62. The van der Waals surface area contributed by atoms with Gasteiger partial charge in [0.1, 0.15) is 5.17 Å². The SMILES string of the molecule is C=C(C=C(C)OC)C(Cl)=NC. The summed E-state index contributed by atoms with van der Waals surface area (Å²) in [7, 11) is 3.21. The van der Waals surface area contributed by atoms with Crippen molar-refractivity contribution in [1.82, 2.24) is 0 Å². The molecule has 0 bridgehead atoms. The zero-order valence-electron chi connectivity index (χ0n) is 7.02. The van der Waals surface area contributed by atoms with Crippen molar-refractivity contribution < 1.29 is 4.74 Å². The minimum Gasteiger partial charge on any atom is -0.501 e. The second-order valence-corrected chi connectivity index (χ2v) is 2.36. The molecule has 0 N–H and O–H groups in total. The second-order valence-electron chi connectivity index (χ2n) is 2.00. The Morgan fingerprint density at radius 1 is 1.64 bits per heavy atom. The number of rotatable bonds is 3. The fraction of sp³-hybridized carbons (Fsp3) is 0.375. The van der Waals surface area contributed by atoms with Crippen molar-refractivity contribution in [3.8, 4) is 0 Å². The van der Waals surface area contributed by atoms with Gasteiger partial charge in [0.15, 0.2) is 0 Å². The number of methoxy groups -OCH3 is 1. The lowest BCUT2D eigenvalue weighted by Crippen LogP contribution is -1.90. The second kappa shape index (κ2) is 4.97. The summed E-state index contributed by atoms with van der Waals surface area (Å²) >= 11 is 5.67. The van der Waals surface area contributed by atoms with Gasteiger partial charge >= 0.3 is 0 Å². The largest absolute Gasteiger partial charge is 0.501 e. The molecule has 0 aliphatic heterocycles. The lowest BCUT2D eigenvalue weighted by atomic mass is 10.3. The van der Waals surface area contributed by atoms with Crippen LogP contribution in [0.1, 0.15) is 6.92 Å². The molecular formula is C8H12ClNO. The van der Waals surface area contributed by atoms with Crippen LogP contribution in [0.5, 0.6) is 0 Å². The molecule has 0 atom stereocenters. The maximum absolute atomic E-state index is 5.67. The fourth-order valence-electron chi connectivity index (χ4n) is 0.507. The summed E-state index contributed by atoms with van der Waals surface area (Å²) in [6, 6.07) is 0. The van der Waals surface area contributed by atoms with Gasteiger partial charge in [-0.1, -0.05) is 18.2 Å². The molecule has 0 rings (SSSR count). The third-order valence-electron chi connectivity index (χ3n) is 1.16. The number of halogens is 1. The molecule has 0 saturated carbocycles. The van der Waals surface area contributed by atoms with Gasteiger partial charge in [0.25, 0.3) is 0 Å². The Balaban J connectivity index is 4.29. The number of aliphatic imine (C=N–C) groups is 1. The number of ether oxygens (including phenoxy) is 1. The van der Waals surface area contributed by atoms with Crippen LogP contribution in [-0.2, 0) is 4.74 Å². The quantitative estimate of drug-likeness (QED) is 0.365. The first-order valence-electron chi connectivity index (χ1n) is 3.15. The van der Waals surface area contributed by atoms with Crippen LogP contribution in [0.25, 0.3) is 0 Å². The highest BCUT2D eigenvalue weighted by Crippen LogP contribution is 2.05. The van der Waals surface area contributed by atoms with Crippen molar-refractivity contribution >= 4 is 16.8 Å². The molecule has 0 spiro atoms. The topological polar surface area (TPSA) is 21.6 Å². The van der Waals surface area contributed by atoms with Crippen LogP contribution in [-0.4, -0.2) is 19.3 Å². The smallest absolute Gasteiger partial charge is 0.130 e. The molecule has 0 aromatic carbocycles. The van der Waals surface area contributed by atoms with Gasteiger partial charge in [-0.05, 0) is 13.0 Å². The Hall–Kier alpha value is -0.760. The standard InChI is InChI=1S/C8H12ClNO/c1-6(8(9)10-3)5-7(2)11-4/h5H,1H2,2-4H3. The number of allylic oxidation sites excluding steroid dienone is 3. The summed E-state index contributed by atoms with van der Waals surface area (Å²) in [5.41, 5.74) is 0.661. The first kappa shape index (κ1) is 10.2. The number of nitrogens with zero attached hydrogens (tertiary/aromatic N) is 1. The molecule has 3 heteroatoms. The van der Waals surface area contributed by atoms with Gasteiger partial charge in [-0.25, -0.2) is 0 Å². The van der Waals surface area contributed by atoms with E-state index in [0.29, 0.717) is 10.7 Å². The first-order valence-corrected chi connectivity index (χ1v) is 3.53. The van der Waals surface area contributed by atoms with E-state index >= 15 is 0 Å². The molecule has 0 heterocycles.